The number of hydrogen-bond acceptors (Lipinski definition) is 2. The van der Waals surface area contributed by atoms with Crippen LogP contribution in [0.4, 0.5) is 0 Å². The maximum absolute atomic E-state index is 4.19. The lowest BCUT2D eigenvalue weighted by Crippen LogP contribution is -2.15. The number of likely N-dealkylation sites (tertiary alicyclic amines) is 1. The Bertz CT molecular complexity index is 128. The second kappa shape index (κ2) is 0.892. The molecule has 0 aromatic carbocycles. The molecule has 2 heteroatoms. The third-order valence-corrected chi connectivity index (χ3v) is 1.56. The average molecular weight is 96.1 g/mol. The van der Waals surface area contributed by atoms with Gasteiger partial charge in [0.15, 0.2) is 0 Å². The van der Waals surface area contributed by atoms with Crippen molar-refractivity contribution < 1.29 is 0 Å². The van der Waals surface area contributed by atoms with Gasteiger partial charge < -0.3 is 0 Å². The summed E-state index contributed by atoms with van der Waals surface area (Å²) in [6, 6.07) is 0.657. The highest BCUT2D eigenvalue weighted by molar-refractivity contribution is 6.04. The summed E-state index contributed by atoms with van der Waals surface area (Å²) in [7, 11) is 2.13. The van der Waals surface area contributed by atoms with E-state index in [1.807, 2.05) is 0 Å². The van der Waals surface area contributed by atoms with Crippen LogP contribution in [0.1, 0.15) is 0 Å². The van der Waals surface area contributed by atoms with Crippen LogP contribution in [0.5, 0.6) is 0 Å². The van der Waals surface area contributed by atoms with Crippen molar-refractivity contribution in [3.05, 3.63) is 0 Å². The molecule has 0 aromatic heterocycles. The normalized spacial score (nSPS) is 37.9. The van der Waals surface area contributed by atoms with Crippen molar-refractivity contribution in [1.82, 2.24) is 4.90 Å². The summed E-state index contributed by atoms with van der Waals surface area (Å²) in [5.74, 6) is 0. The second-order valence-electron chi connectivity index (χ2n) is 2.33. The van der Waals surface area contributed by atoms with Gasteiger partial charge in [0.05, 0.1) is 5.71 Å². The predicted octanol–water partition coefficient (Wildman–Crippen LogP) is -0.245. The molecule has 0 aromatic rings. The summed E-state index contributed by atoms with van der Waals surface area (Å²) >= 11 is 0. The van der Waals surface area contributed by atoms with Gasteiger partial charge in [0.2, 0.25) is 0 Å². The van der Waals surface area contributed by atoms with Crippen LogP contribution >= 0.6 is 0 Å². The van der Waals surface area contributed by atoms with Crippen molar-refractivity contribution in [1.29, 1.82) is 0 Å². The molecule has 2 aliphatic heterocycles. The lowest BCUT2D eigenvalue weighted by Gasteiger charge is -2.03. The van der Waals surface area contributed by atoms with Crippen LogP contribution in [0.2, 0.25) is 0 Å². The molecule has 0 saturated carbocycles. The molecular weight excluding hydrogens is 88.1 g/mol. The van der Waals surface area contributed by atoms with Gasteiger partial charge in [-0.3, -0.25) is 9.89 Å². The zero-order valence-corrected chi connectivity index (χ0v) is 4.39. The first-order chi connectivity index (χ1) is 3.36. The average Bonchev–Trinajstić information content (AvgIpc) is 2.15. The molecule has 0 radical (unpaired) electrons. The molecule has 0 spiro atoms. The first-order valence-electron chi connectivity index (χ1n) is 2.61. The Balaban J connectivity index is 2.12. The molecule has 0 amide bonds. The molecule has 2 aliphatic rings. The Labute approximate surface area is 42.8 Å². The quantitative estimate of drug-likeness (QED) is 0.406. The first kappa shape index (κ1) is 3.61. The Morgan fingerprint density at radius 1 is 1.86 bits per heavy atom. The highest BCUT2D eigenvalue weighted by Gasteiger charge is 2.35. The number of likely N-dealkylation sites (N-methyl/N-ethyl adjacent to an activating group) is 1. The van der Waals surface area contributed by atoms with Gasteiger partial charge in [-0.25, -0.2) is 0 Å². The molecule has 2 rings (SSSR count). The number of fused-ring (bicyclic) bond motifs is 1. The van der Waals surface area contributed by atoms with Crippen molar-refractivity contribution in [3.8, 4) is 0 Å². The van der Waals surface area contributed by atoms with Crippen molar-refractivity contribution in [2.45, 2.75) is 6.04 Å². The monoisotopic (exact) mass is 96.1 g/mol. The van der Waals surface area contributed by atoms with Gasteiger partial charge in [-0.2, -0.15) is 0 Å². The van der Waals surface area contributed by atoms with E-state index in [0.29, 0.717) is 6.04 Å². The Hall–Kier alpha value is -0.370. The van der Waals surface area contributed by atoms with Gasteiger partial charge in [-0.05, 0) is 7.05 Å². The molecule has 38 valence electrons. The van der Waals surface area contributed by atoms with Crippen LogP contribution in [-0.4, -0.2) is 36.8 Å². The molecule has 7 heavy (non-hydrogen) atoms. The van der Waals surface area contributed by atoms with Gasteiger partial charge >= 0.3 is 0 Å². The number of rotatable bonds is 0. The minimum absolute atomic E-state index is 0.657. The maximum Gasteiger partial charge on any atom is 0.102 e. The summed E-state index contributed by atoms with van der Waals surface area (Å²) in [5.41, 5.74) is 1.42. The van der Waals surface area contributed by atoms with Gasteiger partial charge in [0.25, 0.3) is 0 Å². The van der Waals surface area contributed by atoms with E-state index in [1.54, 1.807) is 0 Å². The van der Waals surface area contributed by atoms with Crippen LogP contribution in [0.25, 0.3) is 0 Å². The summed E-state index contributed by atoms with van der Waals surface area (Å²) in [5, 5.41) is 0. The highest BCUT2D eigenvalue weighted by Crippen LogP contribution is 2.19. The second-order valence-corrected chi connectivity index (χ2v) is 2.33. The lowest BCUT2D eigenvalue weighted by atomic mass is 10.4. The van der Waals surface area contributed by atoms with Crippen molar-refractivity contribution in [2.24, 2.45) is 4.99 Å². The van der Waals surface area contributed by atoms with E-state index >= 15 is 0 Å². The van der Waals surface area contributed by atoms with E-state index < -0.39 is 0 Å². The summed E-state index contributed by atoms with van der Waals surface area (Å²) in [6.45, 7) is 2.31. The van der Waals surface area contributed by atoms with Crippen molar-refractivity contribution in [2.75, 3.05) is 20.1 Å². The summed E-state index contributed by atoms with van der Waals surface area (Å²) in [4.78, 5) is 6.48. The molecule has 0 aliphatic carbocycles. The van der Waals surface area contributed by atoms with E-state index in [1.165, 1.54) is 12.3 Å². The van der Waals surface area contributed by atoms with Crippen LogP contribution in [-0.2, 0) is 0 Å². The Morgan fingerprint density at radius 3 is 3.00 bits per heavy atom. The standard InChI is InChI=1S/C5H8N2/c1-7-2-4-5(3-7)6-4/h4H,2-3H2,1H3. The fraction of sp³-hybridized carbons (Fsp3) is 0.800. The molecular formula is C5H8N2. The molecule has 1 atom stereocenters. The highest BCUT2D eigenvalue weighted by atomic mass is 15.2. The van der Waals surface area contributed by atoms with Crippen LogP contribution in [0, 0.1) is 0 Å². The third kappa shape index (κ3) is 0.399. The summed E-state index contributed by atoms with van der Waals surface area (Å²) < 4.78 is 0. The Morgan fingerprint density at radius 2 is 2.71 bits per heavy atom. The largest absolute Gasteiger partial charge is 0.298 e. The Kier molecular flexibility index (Phi) is 0.460. The molecule has 0 N–H and O–H groups in total. The minimum Gasteiger partial charge on any atom is -0.298 e. The molecule has 0 bridgehead atoms. The van der Waals surface area contributed by atoms with E-state index in [-0.39, 0.29) is 0 Å². The fourth-order valence-corrected chi connectivity index (χ4v) is 1.09. The SMILES string of the molecule is CN1CC2=NC2C1. The van der Waals surface area contributed by atoms with E-state index in [9.17, 15) is 0 Å². The van der Waals surface area contributed by atoms with E-state index in [2.05, 4.69) is 16.9 Å². The topological polar surface area (TPSA) is 15.6 Å². The van der Waals surface area contributed by atoms with Gasteiger partial charge in [-0.15, -0.1) is 0 Å². The number of aliphatic imine (C=N–C) groups is 1. The van der Waals surface area contributed by atoms with Gasteiger partial charge in [0.1, 0.15) is 6.04 Å². The fourth-order valence-electron chi connectivity index (χ4n) is 1.09. The number of hydrogen-bond donors (Lipinski definition) is 0. The molecule has 2 nitrogen and oxygen atoms in total. The van der Waals surface area contributed by atoms with Crippen molar-refractivity contribution in [3.63, 3.8) is 0 Å². The van der Waals surface area contributed by atoms with Gasteiger partial charge in [-0.1, -0.05) is 0 Å². The van der Waals surface area contributed by atoms with Gasteiger partial charge in [0, 0.05) is 13.1 Å². The first-order valence-corrected chi connectivity index (χ1v) is 2.61. The summed E-state index contributed by atoms with van der Waals surface area (Å²) in [6.07, 6.45) is 0. The van der Waals surface area contributed by atoms with E-state index in [4.69, 9.17) is 0 Å². The molecule has 1 fully saturated rings. The van der Waals surface area contributed by atoms with Crippen LogP contribution in [0.15, 0.2) is 4.99 Å². The van der Waals surface area contributed by atoms with Crippen molar-refractivity contribution >= 4 is 5.71 Å². The zero-order chi connectivity index (χ0) is 4.85. The smallest absolute Gasteiger partial charge is 0.102 e. The van der Waals surface area contributed by atoms with Crippen LogP contribution < -0.4 is 0 Å². The molecule has 2 heterocycles. The lowest BCUT2D eigenvalue weighted by molar-refractivity contribution is 0.413. The zero-order valence-electron chi connectivity index (χ0n) is 4.39. The third-order valence-electron chi connectivity index (χ3n) is 1.56. The van der Waals surface area contributed by atoms with Crippen LogP contribution in [0.3, 0.4) is 0 Å². The minimum atomic E-state index is 0.657. The number of nitrogens with zero attached hydrogens (tertiary/aromatic N) is 2. The molecule has 1 saturated heterocycles. The molecule has 1 unspecified atom stereocenters. The maximum atomic E-state index is 4.19. The predicted molar refractivity (Wildman–Crippen MR) is 28.7 cm³/mol. The van der Waals surface area contributed by atoms with E-state index in [0.717, 1.165) is 6.54 Å².